The largest absolute Gasteiger partial charge is 0.452 e. The zero-order valence-corrected chi connectivity index (χ0v) is 7.71. The molecule has 0 saturated carbocycles. The maximum atomic E-state index is 5.55. The van der Waals surface area contributed by atoms with Crippen LogP contribution < -0.4 is 10.5 Å². The number of hydrogen-bond acceptors (Lipinski definition) is 4. The lowest BCUT2D eigenvalue weighted by Gasteiger charge is -2.01. The van der Waals surface area contributed by atoms with Gasteiger partial charge in [-0.05, 0) is 0 Å². The van der Waals surface area contributed by atoms with Gasteiger partial charge < -0.3 is 10.5 Å². The summed E-state index contributed by atoms with van der Waals surface area (Å²) in [5, 5.41) is 3.98. The molecule has 0 saturated heterocycles. The first-order valence-corrected chi connectivity index (χ1v) is 4.11. The second kappa shape index (κ2) is 3.37. The van der Waals surface area contributed by atoms with E-state index >= 15 is 0 Å². The number of hydrogen-bond donors (Lipinski definition) is 1. The third kappa shape index (κ3) is 1.82. The summed E-state index contributed by atoms with van der Waals surface area (Å²) in [6.07, 6.45) is 6.56. The van der Waals surface area contributed by atoms with Gasteiger partial charge in [-0.2, -0.15) is 5.10 Å². The Morgan fingerprint density at radius 2 is 2.14 bits per heavy atom. The fraction of sp³-hybridized carbons (Fsp3) is 0.111. The molecule has 0 aliphatic carbocycles. The van der Waals surface area contributed by atoms with Gasteiger partial charge in [0.15, 0.2) is 5.75 Å². The molecule has 2 N–H and O–H groups in total. The molecular weight excluding hydrogens is 180 g/mol. The van der Waals surface area contributed by atoms with Gasteiger partial charge in [-0.1, -0.05) is 0 Å². The number of aryl methyl sites for hydroxylation is 1. The van der Waals surface area contributed by atoms with Crippen molar-refractivity contribution < 1.29 is 4.74 Å². The standard InChI is InChI=1S/C9H10N4O/c1-13-6-9(5-12-13)14-8-2-7(10)3-11-4-8/h2-6H,10H2,1H3. The van der Waals surface area contributed by atoms with Gasteiger partial charge >= 0.3 is 0 Å². The number of anilines is 1. The minimum Gasteiger partial charge on any atom is -0.452 e. The minimum atomic E-state index is 0.575. The van der Waals surface area contributed by atoms with Crippen molar-refractivity contribution in [3.05, 3.63) is 30.9 Å². The van der Waals surface area contributed by atoms with E-state index in [2.05, 4.69) is 10.1 Å². The highest BCUT2D eigenvalue weighted by Crippen LogP contribution is 2.20. The number of aromatic nitrogens is 3. The molecule has 72 valence electrons. The van der Waals surface area contributed by atoms with Crippen LogP contribution >= 0.6 is 0 Å². The Labute approximate surface area is 81.1 Å². The van der Waals surface area contributed by atoms with E-state index in [9.17, 15) is 0 Å². The maximum absolute atomic E-state index is 5.55. The molecule has 0 unspecified atom stereocenters. The summed E-state index contributed by atoms with van der Waals surface area (Å²) in [5.41, 5.74) is 6.13. The van der Waals surface area contributed by atoms with E-state index in [4.69, 9.17) is 10.5 Å². The molecule has 0 fully saturated rings. The van der Waals surface area contributed by atoms with Crippen LogP contribution in [0.3, 0.4) is 0 Å². The number of nitrogen functional groups attached to an aromatic ring is 1. The lowest BCUT2D eigenvalue weighted by molar-refractivity contribution is 0.480. The molecule has 14 heavy (non-hydrogen) atoms. The van der Waals surface area contributed by atoms with E-state index in [1.54, 1.807) is 35.5 Å². The Kier molecular flexibility index (Phi) is 2.06. The molecule has 2 aromatic rings. The molecule has 2 rings (SSSR count). The highest BCUT2D eigenvalue weighted by atomic mass is 16.5. The summed E-state index contributed by atoms with van der Waals surface area (Å²) in [7, 11) is 1.82. The van der Waals surface area contributed by atoms with Gasteiger partial charge in [-0.15, -0.1) is 0 Å². The normalized spacial score (nSPS) is 10.1. The van der Waals surface area contributed by atoms with Gasteiger partial charge in [0.25, 0.3) is 0 Å². The lowest BCUT2D eigenvalue weighted by atomic mass is 10.4. The fourth-order valence-corrected chi connectivity index (χ4v) is 1.08. The number of pyridine rings is 1. The number of rotatable bonds is 2. The third-order valence-electron chi connectivity index (χ3n) is 1.65. The van der Waals surface area contributed by atoms with Crippen LogP contribution in [0.25, 0.3) is 0 Å². The van der Waals surface area contributed by atoms with Gasteiger partial charge in [0.05, 0.1) is 30.5 Å². The molecule has 5 heteroatoms. The summed E-state index contributed by atoms with van der Waals surface area (Å²) in [4.78, 5) is 3.91. The Hall–Kier alpha value is -2.04. The van der Waals surface area contributed by atoms with Crippen LogP contribution in [0.15, 0.2) is 30.9 Å². The summed E-state index contributed by atoms with van der Waals surface area (Å²) in [6, 6.07) is 1.71. The smallest absolute Gasteiger partial charge is 0.165 e. The zero-order valence-electron chi connectivity index (χ0n) is 7.71. The highest BCUT2D eigenvalue weighted by molar-refractivity contribution is 5.41. The summed E-state index contributed by atoms with van der Waals surface area (Å²) >= 11 is 0. The quantitative estimate of drug-likeness (QED) is 0.772. The number of nitrogens with zero attached hydrogens (tertiary/aromatic N) is 3. The average Bonchev–Trinajstić information content (AvgIpc) is 2.51. The maximum Gasteiger partial charge on any atom is 0.165 e. The minimum absolute atomic E-state index is 0.575. The van der Waals surface area contributed by atoms with Crippen molar-refractivity contribution in [1.82, 2.24) is 14.8 Å². The van der Waals surface area contributed by atoms with Gasteiger partial charge in [-0.25, -0.2) is 0 Å². The summed E-state index contributed by atoms with van der Waals surface area (Å²) in [6.45, 7) is 0. The molecule has 0 radical (unpaired) electrons. The SMILES string of the molecule is Cn1cc(Oc2cncc(N)c2)cn1. The predicted molar refractivity (Wildman–Crippen MR) is 51.9 cm³/mol. The molecule has 5 nitrogen and oxygen atoms in total. The molecule has 0 amide bonds. The molecule has 2 aromatic heterocycles. The van der Waals surface area contributed by atoms with Gasteiger partial charge in [0.1, 0.15) is 5.75 Å². The van der Waals surface area contributed by atoms with Crippen LogP contribution in [0.1, 0.15) is 0 Å². The van der Waals surface area contributed by atoms with Crippen LogP contribution in [0.5, 0.6) is 11.5 Å². The van der Waals surface area contributed by atoms with E-state index in [-0.39, 0.29) is 0 Å². The van der Waals surface area contributed by atoms with Crippen LogP contribution in [0.2, 0.25) is 0 Å². The highest BCUT2D eigenvalue weighted by Gasteiger charge is 1.99. The Balaban J connectivity index is 2.18. The topological polar surface area (TPSA) is 66.0 Å². The summed E-state index contributed by atoms with van der Waals surface area (Å²) in [5.74, 6) is 1.28. The van der Waals surface area contributed by atoms with Crippen LogP contribution in [-0.2, 0) is 7.05 Å². The molecule has 0 atom stereocenters. The Bertz CT molecular complexity index is 438. The van der Waals surface area contributed by atoms with E-state index in [0.29, 0.717) is 17.2 Å². The monoisotopic (exact) mass is 190 g/mol. The molecule has 0 aliphatic heterocycles. The van der Waals surface area contributed by atoms with E-state index in [1.807, 2.05) is 7.05 Å². The Morgan fingerprint density at radius 3 is 2.79 bits per heavy atom. The number of nitrogens with two attached hydrogens (primary N) is 1. The molecule has 2 heterocycles. The van der Waals surface area contributed by atoms with E-state index in [0.717, 1.165) is 0 Å². The van der Waals surface area contributed by atoms with Crippen molar-refractivity contribution in [3.8, 4) is 11.5 Å². The van der Waals surface area contributed by atoms with Crippen molar-refractivity contribution in [3.63, 3.8) is 0 Å². The second-order valence-corrected chi connectivity index (χ2v) is 2.91. The van der Waals surface area contributed by atoms with Crippen molar-refractivity contribution in [1.29, 1.82) is 0 Å². The van der Waals surface area contributed by atoms with Crippen LogP contribution in [-0.4, -0.2) is 14.8 Å². The predicted octanol–water partition coefficient (Wildman–Crippen LogP) is 1.19. The van der Waals surface area contributed by atoms with Gasteiger partial charge in [0.2, 0.25) is 0 Å². The van der Waals surface area contributed by atoms with E-state index < -0.39 is 0 Å². The average molecular weight is 190 g/mol. The molecule has 0 spiro atoms. The third-order valence-corrected chi connectivity index (χ3v) is 1.65. The van der Waals surface area contributed by atoms with Crippen LogP contribution in [0, 0.1) is 0 Å². The van der Waals surface area contributed by atoms with Crippen molar-refractivity contribution >= 4 is 5.69 Å². The van der Waals surface area contributed by atoms with Crippen LogP contribution in [0.4, 0.5) is 5.69 Å². The first-order chi connectivity index (χ1) is 6.74. The van der Waals surface area contributed by atoms with Gasteiger partial charge in [-0.3, -0.25) is 9.67 Å². The lowest BCUT2D eigenvalue weighted by Crippen LogP contribution is -1.89. The van der Waals surface area contributed by atoms with Crippen molar-refractivity contribution in [2.75, 3.05) is 5.73 Å². The molecule has 0 bridgehead atoms. The first kappa shape index (κ1) is 8.55. The van der Waals surface area contributed by atoms with Crippen molar-refractivity contribution in [2.24, 2.45) is 7.05 Å². The second-order valence-electron chi connectivity index (χ2n) is 2.91. The first-order valence-electron chi connectivity index (χ1n) is 4.11. The molecular formula is C9H10N4O. The summed E-state index contributed by atoms with van der Waals surface area (Å²) < 4.78 is 7.12. The van der Waals surface area contributed by atoms with Gasteiger partial charge in [0, 0.05) is 13.1 Å². The number of ether oxygens (including phenoxy) is 1. The molecule has 0 aliphatic rings. The molecule has 0 aromatic carbocycles. The van der Waals surface area contributed by atoms with Crippen molar-refractivity contribution in [2.45, 2.75) is 0 Å². The fourth-order valence-electron chi connectivity index (χ4n) is 1.08. The van der Waals surface area contributed by atoms with E-state index in [1.165, 1.54) is 0 Å². The Morgan fingerprint density at radius 1 is 1.29 bits per heavy atom. The zero-order chi connectivity index (χ0) is 9.97.